The van der Waals surface area contributed by atoms with E-state index in [4.69, 9.17) is 4.74 Å². The normalized spacial score (nSPS) is 9.86. The van der Waals surface area contributed by atoms with Crippen LogP contribution in [0.1, 0.15) is 20.1 Å². The molecule has 108 valence electrons. The largest absolute Gasteiger partial charge is 0.465 e. The molecule has 0 radical (unpaired) electrons. The van der Waals surface area contributed by atoms with Crippen molar-refractivity contribution in [2.75, 3.05) is 7.11 Å². The summed E-state index contributed by atoms with van der Waals surface area (Å²) in [6.45, 7) is 0. The number of benzene rings is 1. The predicted molar refractivity (Wildman–Crippen MR) is 91.4 cm³/mol. The number of esters is 1. The van der Waals surface area contributed by atoms with Crippen LogP contribution in [0.3, 0.4) is 0 Å². The van der Waals surface area contributed by atoms with Crippen molar-refractivity contribution < 1.29 is 9.53 Å². The maximum Gasteiger partial charge on any atom is 0.348 e. The molecule has 0 aliphatic heterocycles. The summed E-state index contributed by atoms with van der Waals surface area (Å²) >= 11 is 3.06. The lowest BCUT2D eigenvalue weighted by Gasteiger charge is -1.92. The van der Waals surface area contributed by atoms with Crippen molar-refractivity contribution in [1.29, 1.82) is 0 Å². The second kappa shape index (κ2) is 6.61. The molecule has 0 saturated heterocycles. The fourth-order valence-corrected chi connectivity index (χ4v) is 3.75. The van der Waals surface area contributed by atoms with Crippen LogP contribution in [0.2, 0.25) is 0 Å². The molecule has 0 spiro atoms. The van der Waals surface area contributed by atoms with Gasteiger partial charge in [-0.15, -0.1) is 22.7 Å². The highest BCUT2D eigenvalue weighted by Crippen LogP contribution is 2.33. The molecule has 0 aliphatic rings. The van der Waals surface area contributed by atoms with Crippen LogP contribution in [0.4, 0.5) is 0 Å². The number of carbonyl (C=O) groups excluding carboxylic acids is 1. The third-order valence-electron chi connectivity index (χ3n) is 2.95. The first-order valence-electron chi connectivity index (χ1n) is 6.62. The highest BCUT2D eigenvalue weighted by molar-refractivity contribution is 7.23. The molecule has 0 fully saturated rings. The predicted octanol–water partition coefficient (Wildman–Crippen LogP) is 4.66. The lowest BCUT2D eigenvalue weighted by molar-refractivity contribution is 0.0606. The zero-order chi connectivity index (χ0) is 15.4. The zero-order valence-electron chi connectivity index (χ0n) is 11.8. The van der Waals surface area contributed by atoms with Crippen molar-refractivity contribution in [2.24, 2.45) is 0 Å². The minimum atomic E-state index is -0.295. The Morgan fingerprint density at radius 2 is 1.64 bits per heavy atom. The zero-order valence-corrected chi connectivity index (χ0v) is 13.5. The standard InChI is InChI=1S/C18H12O2S2/c1-20-18(19)17-12-11-16(22-17)15-10-9-14(21-15)8-7-13-5-3-2-4-6-13/h2-6,9-12H,1H3. The minimum absolute atomic E-state index is 0.295. The summed E-state index contributed by atoms with van der Waals surface area (Å²) in [5.41, 5.74) is 1.00. The van der Waals surface area contributed by atoms with E-state index in [9.17, 15) is 4.79 Å². The van der Waals surface area contributed by atoms with Crippen molar-refractivity contribution in [3.05, 3.63) is 69.9 Å². The smallest absolute Gasteiger partial charge is 0.348 e. The molecule has 0 N–H and O–H groups in total. The van der Waals surface area contributed by atoms with Gasteiger partial charge in [-0.25, -0.2) is 4.79 Å². The summed E-state index contributed by atoms with van der Waals surface area (Å²) in [5.74, 6) is 6.03. The molecule has 0 aliphatic carbocycles. The van der Waals surface area contributed by atoms with Gasteiger partial charge in [0, 0.05) is 15.3 Å². The molecule has 1 aromatic carbocycles. The van der Waals surface area contributed by atoms with Crippen molar-refractivity contribution in [2.45, 2.75) is 0 Å². The van der Waals surface area contributed by atoms with Crippen molar-refractivity contribution >= 4 is 28.6 Å². The highest BCUT2D eigenvalue weighted by Gasteiger charge is 2.11. The van der Waals surface area contributed by atoms with Crippen molar-refractivity contribution in [3.8, 4) is 21.6 Å². The summed E-state index contributed by atoms with van der Waals surface area (Å²) in [6.07, 6.45) is 0. The molecular formula is C18H12O2S2. The van der Waals surface area contributed by atoms with E-state index >= 15 is 0 Å². The SMILES string of the molecule is COC(=O)c1ccc(-c2ccc(C#Cc3ccccc3)s2)s1. The maximum absolute atomic E-state index is 11.5. The van der Waals surface area contributed by atoms with Gasteiger partial charge in [0.25, 0.3) is 0 Å². The van der Waals surface area contributed by atoms with E-state index in [1.807, 2.05) is 48.5 Å². The minimum Gasteiger partial charge on any atom is -0.465 e. The van der Waals surface area contributed by atoms with E-state index in [0.717, 1.165) is 20.2 Å². The van der Waals surface area contributed by atoms with Gasteiger partial charge < -0.3 is 4.74 Å². The van der Waals surface area contributed by atoms with Crippen LogP contribution in [-0.2, 0) is 4.74 Å². The van der Waals surface area contributed by atoms with Crippen LogP contribution >= 0.6 is 22.7 Å². The number of hydrogen-bond acceptors (Lipinski definition) is 4. The molecule has 0 amide bonds. The van der Waals surface area contributed by atoms with Crippen LogP contribution in [-0.4, -0.2) is 13.1 Å². The van der Waals surface area contributed by atoms with E-state index in [1.165, 1.54) is 18.4 Å². The summed E-state index contributed by atoms with van der Waals surface area (Å²) in [7, 11) is 1.39. The van der Waals surface area contributed by atoms with E-state index in [-0.39, 0.29) is 5.97 Å². The van der Waals surface area contributed by atoms with Gasteiger partial charge in [0.2, 0.25) is 0 Å². The molecule has 0 unspecified atom stereocenters. The Hall–Kier alpha value is -2.35. The summed E-state index contributed by atoms with van der Waals surface area (Å²) in [5, 5.41) is 0. The van der Waals surface area contributed by atoms with Gasteiger partial charge >= 0.3 is 5.97 Å². The van der Waals surface area contributed by atoms with Gasteiger partial charge in [-0.2, -0.15) is 0 Å². The lowest BCUT2D eigenvalue weighted by atomic mass is 10.2. The molecule has 22 heavy (non-hydrogen) atoms. The van der Waals surface area contributed by atoms with Gasteiger partial charge in [-0.05, 0) is 36.4 Å². The molecule has 0 atom stereocenters. The van der Waals surface area contributed by atoms with Crippen molar-refractivity contribution in [3.63, 3.8) is 0 Å². The van der Waals surface area contributed by atoms with Crippen LogP contribution in [0.15, 0.2) is 54.6 Å². The first kappa shape index (κ1) is 14.6. The summed E-state index contributed by atoms with van der Waals surface area (Å²) in [4.78, 5) is 15.3. The Balaban J connectivity index is 1.81. The third kappa shape index (κ3) is 3.28. The Morgan fingerprint density at radius 3 is 2.41 bits per heavy atom. The highest BCUT2D eigenvalue weighted by atomic mass is 32.1. The molecule has 3 rings (SSSR count). The molecule has 2 heterocycles. The average Bonchev–Trinajstić information content (AvgIpc) is 3.22. The maximum atomic E-state index is 11.5. The first-order chi connectivity index (χ1) is 10.8. The monoisotopic (exact) mass is 324 g/mol. The Morgan fingerprint density at radius 1 is 0.909 bits per heavy atom. The Labute approximate surface area is 137 Å². The van der Waals surface area contributed by atoms with E-state index in [2.05, 4.69) is 11.8 Å². The molecule has 0 saturated carbocycles. The van der Waals surface area contributed by atoms with E-state index < -0.39 is 0 Å². The summed E-state index contributed by atoms with van der Waals surface area (Å²) in [6, 6.07) is 17.7. The quantitative estimate of drug-likeness (QED) is 0.506. The number of thiophene rings is 2. The number of methoxy groups -OCH3 is 1. The van der Waals surface area contributed by atoms with Crippen molar-refractivity contribution in [1.82, 2.24) is 0 Å². The van der Waals surface area contributed by atoms with E-state index in [1.54, 1.807) is 17.4 Å². The van der Waals surface area contributed by atoms with Crippen LogP contribution in [0.25, 0.3) is 9.75 Å². The van der Waals surface area contributed by atoms with Gasteiger partial charge in [-0.1, -0.05) is 30.0 Å². The topological polar surface area (TPSA) is 26.3 Å². The number of ether oxygens (including phenoxy) is 1. The fourth-order valence-electron chi connectivity index (χ4n) is 1.87. The number of carbonyl (C=O) groups is 1. The van der Waals surface area contributed by atoms with Crippen LogP contribution < -0.4 is 0 Å². The van der Waals surface area contributed by atoms with Gasteiger partial charge in [0.05, 0.1) is 12.0 Å². The molecule has 0 bridgehead atoms. The second-order valence-corrected chi connectivity index (χ2v) is 6.60. The van der Waals surface area contributed by atoms with Crippen LogP contribution in [0.5, 0.6) is 0 Å². The lowest BCUT2D eigenvalue weighted by Crippen LogP contribution is -1.96. The first-order valence-corrected chi connectivity index (χ1v) is 8.25. The average molecular weight is 324 g/mol. The molecule has 4 heteroatoms. The fraction of sp³-hybridized carbons (Fsp3) is 0.0556. The Bertz CT molecular complexity index is 848. The molecule has 2 nitrogen and oxygen atoms in total. The van der Waals surface area contributed by atoms with Gasteiger partial charge in [0.15, 0.2) is 0 Å². The third-order valence-corrected chi connectivity index (χ3v) is 5.21. The summed E-state index contributed by atoms with van der Waals surface area (Å²) < 4.78 is 4.73. The van der Waals surface area contributed by atoms with Crippen LogP contribution in [0, 0.1) is 11.8 Å². The molecule has 2 aromatic heterocycles. The molecule has 3 aromatic rings. The van der Waals surface area contributed by atoms with E-state index in [0.29, 0.717) is 4.88 Å². The molecular weight excluding hydrogens is 312 g/mol. The van der Waals surface area contributed by atoms with Gasteiger partial charge in [0.1, 0.15) is 4.88 Å². The van der Waals surface area contributed by atoms with Gasteiger partial charge in [-0.3, -0.25) is 0 Å². The number of hydrogen-bond donors (Lipinski definition) is 0. The Kier molecular flexibility index (Phi) is 4.38. The second-order valence-electron chi connectivity index (χ2n) is 4.44. The number of rotatable bonds is 2.